The van der Waals surface area contributed by atoms with E-state index in [0.29, 0.717) is 12.6 Å². The molecule has 7 heteroatoms. The van der Waals surface area contributed by atoms with Gasteiger partial charge in [-0.3, -0.25) is 9.25 Å². The van der Waals surface area contributed by atoms with Crippen molar-refractivity contribution in [3.05, 3.63) is 37.2 Å². The van der Waals surface area contributed by atoms with Crippen LogP contribution in [0.15, 0.2) is 37.2 Å². The Morgan fingerprint density at radius 2 is 1.91 bits per heavy atom. The highest BCUT2D eigenvalue weighted by atomic mass is 16.5. The van der Waals surface area contributed by atoms with Crippen molar-refractivity contribution in [3.8, 4) is 17.3 Å². The first kappa shape index (κ1) is 14.5. The molecule has 3 rings (SSSR count). The topological polar surface area (TPSA) is 62.7 Å². The van der Waals surface area contributed by atoms with Crippen molar-refractivity contribution in [2.45, 2.75) is 26.4 Å². The Hall–Kier alpha value is -2.41. The van der Waals surface area contributed by atoms with E-state index in [-0.39, 0.29) is 0 Å². The first-order valence-electron chi connectivity index (χ1n) is 7.29. The number of imidazole rings is 2. The molecule has 0 aliphatic carbocycles. The van der Waals surface area contributed by atoms with Crippen LogP contribution in [0.2, 0.25) is 0 Å². The van der Waals surface area contributed by atoms with Gasteiger partial charge >= 0.3 is 0 Å². The fourth-order valence-corrected chi connectivity index (χ4v) is 2.30. The van der Waals surface area contributed by atoms with Crippen LogP contribution in [-0.2, 0) is 11.3 Å². The maximum atomic E-state index is 5.14. The van der Waals surface area contributed by atoms with E-state index in [0.717, 1.165) is 23.9 Å². The lowest BCUT2D eigenvalue weighted by molar-refractivity contribution is 0.187. The summed E-state index contributed by atoms with van der Waals surface area (Å²) in [4.78, 5) is 8.90. The van der Waals surface area contributed by atoms with Crippen molar-refractivity contribution >= 4 is 0 Å². The van der Waals surface area contributed by atoms with Gasteiger partial charge in [0.25, 0.3) is 0 Å². The van der Waals surface area contributed by atoms with Crippen molar-refractivity contribution in [2.24, 2.45) is 0 Å². The summed E-state index contributed by atoms with van der Waals surface area (Å²) >= 11 is 0. The summed E-state index contributed by atoms with van der Waals surface area (Å²) in [6.07, 6.45) is 11.3. The standard InChI is InChI=1S/C15H20N6O/c1-12(2)21-11-13(10-18-21)20-7-5-17-15(20)14-16-4-6-19(14)8-9-22-3/h4-7,10-12H,8-9H2,1-3H3. The molecule has 0 bridgehead atoms. The second-order valence-corrected chi connectivity index (χ2v) is 5.33. The maximum Gasteiger partial charge on any atom is 0.181 e. The van der Waals surface area contributed by atoms with Crippen LogP contribution in [-0.4, -0.2) is 42.6 Å². The van der Waals surface area contributed by atoms with E-state index in [1.54, 1.807) is 19.5 Å². The molecule has 22 heavy (non-hydrogen) atoms. The first-order chi connectivity index (χ1) is 10.7. The van der Waals surface area contributed by atoms with Crippen LogP contribution in [0.1, 0.15) is 19.9 Å². The second kappa shape index (κ2) is 6.15. The molecule has 0 saturated heterocycles. The zero-order chi connectivity index (χ0) is 15.5. The Morgan fingerprint density at radius 3 is 2.64 bits per heavy atom. The lowest BCUT2D eigenvalue weighted by atomic mass is 10.4. The van der Waals surface area contributed by atoms with Gasteiger partial charge in [-0.1, -0.05) is 0 Å². The van der Waals surface area contributed by atoms with Crippen LogP contribution in [0.5, 0.6) is 0 Å². The van der Waals surface area contributed by atoms with E-state index in [1.807, 2.05) is 38.6 Å². The molecule has 0 saturated carbocycles. The van der Waals surface area contributed by atoms with Crippen LogP contribution in [0, 0.1) is 0 Å². The van der Waals surface area contributed by atoms with Crippen LogP contribution >= 0.6 is 0 Å². The molecule has 7 nitrogen and oxygen atoms in total. The van der Waals surface area contributed by atoms with Gasteiger partial charge in [0.1, 0.15) is 0 Å². The lowest BCUT2D eigenvalue weighted by Gasteiger charge is -2.08. The number of hydrogen-bond acceptors (Lipinski definition) is 4. The average Bonchev–Trinajstić information content (AvgIpc) is 3.22. The summed E-state index contributed by atoms with van der Waals surface area (Å²) in [6.45, 7) is 5.57. The largest absolute Gasteiger partial charge is 0.383 e. The SMILES string of the molecule is COCCn1ccnc1-c1nccn1-c1cnn(C(C)C)c1. The summed E-state index contributed by atoms with van der Waals surface area (Å²) in [6, 6.07) is 0.324. The molecule has 0 atom stereocenters. The minimum Gasteiger partial charge on any atom is -0.383 e. The molecule has 3 heterocycles. The average molecular weight is 300 g/mol. The third-order valence-electron chi connectivity index (χ3n) is 3.49. The van der Waals surface area contributed by atoms with E-state index < -0.39 is 0 Å². The Bertz CT molecular complexity index is 739. The Labute approximate surface area is 129 Å². The van der Waals surface area contributed by atoms with Crippen molar-refractivity contribution in [2.75, 3.05) is 13.7 Å². The summed E-state index contributed by atoms with van der Waals surface area (Å²) in [5.41, 5.74) is 0.975. The number of nitrogens with zero attached hydrogens (tertiary/aromatic N) is 6. The second-order valence-electron chi connectivity index (χ2n) is 5.33. The number of aromatic nitrogens is 6. The highest BCUT2D eigenvalue weighted by Gasteiger charge is 2.14. The van der Waals surface area contributed by atoms with Gasteiger partial charge in [-0.15, -0.1) is 0 Å². The van der Waals surface area contributed by atoms with Crippen molar-refractivity contribution < 1.29 is 4.74 Å². The zero-order valence-electron chi connectivity index (χ0n) is 13.0. The zero-order valence-corrected chi connectivity index (χ0v) is 13.0. The molecule has 3 aromatic rings. The van der Waals surface area contributed by atoms with Gasteiger partial charge in [0.15, 0.2) is 11.6 Å². The maximum absolute atomic E-state index is 5.14. The van der Waals surface area contributed by atoms with E-state index in [4.69, 9.17) is 4.74 Å². The highest BCUT2D eigenvalue weighted by Crippen LogP contribution is 2.20. The number of rotatable bonds is 6. The highest BCUT2D eigenvalue weighted by molar-refractivity contribution is 5.50. The predicted molar refractivity (Wildman–Crippen MR) is 82.8 cm³/mol. The lowest BCUT2D eigenvalue weighted by Crippen LogP contribution is -2.07. The Balaban J connectivity index is 1.96. The molecule has 0 spiro atoms. The van der Waals surface area contributed by atoms with E-state index in [9.17, 15) is 0 Å². The molecule has 0 fully saturated rings. The predicted octanol–water partition coefficient (Wildman–Crippen LogP) is 2.16. The number of hydrogen-bond donors (Lipinski definition) is 0. The minimum atomic E-state index is 0.324. The summed E-state index contributed by atoms with van der Waals surface area (Å²) in [7, 11) is 1.69. The molecule has 0 amide bonds. The van der Waals surface area contributed by atoms with Crippen molar-refractivity contribution in [1.29, 1.82) is 0 Å². The fraction of sp³-hybridized carbons (Fsp3) is 0.400. The van der Waals surface area contributed by atoms with Gasteiger partial charge in [-0.05, 0) is 13.8 Å². The molecule has 0 radical (unpaired) electrons. The molecule has 0 aliphatic rings. The van der Waals surface area contributed by atoms with Gasteiger partial charge in [0.05, 0.1) is 18.5 Å². The molecule has 0 N–H and O–H groups in total. The van der Waals surface area contributed by atoms with Crippen LogP contribution in [0.25, 0.3) is 17.3 Å². The quantitative estimate of drug-likeness (QED) is 0.700. The van der Waals surface area contributed by atoms with Gasteiger partial charge < -0.3 is 9.30 Å². The van der Waals surface area contributed by atoms with E-state index >= 15 is 0 Å². The molecular formula is C15H20N6O. The Morgan fingerprint density at radius 1 is 1.14 bits per heavy atom. The van der Waals surface area contributed by atoms with Crippen LogP contribution in [0.3, 0.4) is 0 Å². The summed E-state index contributed by atoms with van der Waals surface area (Å²) in [5.74, 6) is 1.61. The monoisotopic (exact) mass is 300 g/mol. The number of methoxy groups -OCH3 is 1. The summed E-state index contributed by atoms with van der Waals surface area (Å²) in [5, 5.41) is 4.39. The molecule has 0 unspecified atom stereocenters. The third-order valence-corrected chi connectivity index (χ3v) is 3.49. The van der Waals surface area contributed by atoms with Crippen LogP contribution in [0.4, 0.5) is 0 Å². The molecule has 116 valence electrons. The normalized spacial score (nSPS) is 11.5. The van der Waals surface area contributed by atoms with Gasteiger partial charge in [0.2, 0.25) is 0 Å². The van der Waals surface area contributed by atoms with Crippen molar-refractivity contribution in [1.82, 2.24) is 28.9 Å². The fourth-order valence-electron chi connectivity index (χ4n) is 2.30. The van der Waals surface area contributed by atoms with Gasteiger partial charge in [0, 0.05) is 50.7 Å². The Kier molecular flexibility index (Phi) is 4.06. The first-order valence-corrected chi connectivity index (χ1v) is 7.29. The number of ether oxygens (including phenoxy) is 1. The van der Waals surface area contributed by atoms with Crippen molar-refractivity contribution in [3.63, 3.8) is 0 Å². The molecule has 3 aromatic heterocycles. The molecule has 0 aliphatic heterocycles. The summed E-state index contributed by atoms with van der Waals surface area (Å²) < 4.78 is 11.1. The third kappa shape index (κ3) is 2.67. The smallest absolute Gasteiger partial charge is 0.181 e. The van der Waals surface area contributed by atoms with E-state index in [2.05, 4.69) is 28.9 Å². The molecular weight excluding hydrogens is 280 g/mol. The van der Waals surface area contributed by atoms with Gasteiger partial charge in [-0.25, -0.2) is 9.97 Å². The minimum absolute atomic E-state index is 0.324. The van der Waals surface area contributed by atoms with Crippen LogP contribution < -0.4 is 0 Å². The van der Waals surface area contributed by atoms with E-state index in [1.165, 1.54) is 0 Å². The molecule has 0 aromatic carbocycles. The van der Waals surface area contributed by atoms with Gasteiger partial charge in [-0.2, -0.15) is 5.10 Å².